The first kappa shape index (κ1) is 16.1. The van der Waals surface area contributed by atoms with Crippen molar-refractivity contribution < 1.29 is 4.79 Å². The topological polar surface area (TPSA) is 36.8 Å². The first-order chi connectivity index (χ1) is 11.1. The number of nitrogens with one attached hydrogen (secondary N) is 1. The number of carbonyl (C=O) groups is 1. The number of likely N-dealkylation sites (tertiary alicyclic amines) is 1. The van der Waals surface area contributed by atoms with E-state index in [0.717, 1.165) is 30.0 Å². The molecule has 1 N–H and O–H groups in total. The van der Waals surface area contributed by atoms with Gasteiger partial charge in [-0.15, -0.1) is 0 Å². The Kier molecular flexibility index (Phi) is 5.01. The first-order valence-corrected chi connectivity index (χ1v) is 8.72. The Morgan fingerprint density at radius 3 is 2.78 bits per heavy atom. The Hall–Kier alpha value is -1.81. The van der Waals surface area contributed by atoms with E-state index in [4.69, 9.17) is 0 Å². The van der Waals surface area contributed by atoms with Gasteiger partial charge in [0.25, 0.3) is 5.91 Å². The van der Waals surface area contributed by atoms with E-state index in [1.165, 1.54) is 25.9 Å². The van der Waals surface area contributed by atoms with E-state index in [-0.39, 0.29) is 5.91 Å². The summed E-state index contributed by atoms with van der Waals surface area (Å²) in [6.07, 6.45) is 7.46. The minimum absolute atomic E-state index is 0.0355. The van der Waals surface area contributed by atoms with Gasteiger partial charge >= 0.3 is 0 Å². The van der Waals surface area contributed by atoms with Crippen molar-refractivity contribution in [3.63, 3.8) is 0 Å². The maximum atomic E-state index is 12.3. The summed E-state index contributed by atoms with van der Waals surface area (Å²) < 4.78 is 1.98. The molecule has 1 aliphatic heterocycles. The van der Waals surface area contributed by atoms with Gasteiger partial charge in [0.2, 0.25) is 0 Å². The standard InChI is InChI=1S/C19H27N3O/c1-15(2)21-11-7-16(8-12-21)6-9-20-19(23)17-13-18-5-3-4-10-22(18)14-17/h3-5,10,13-16H,6-9,11-12H2,1-2H3,(H,20,23). The van der Waals surface area contributed by atoms with Crippen molar-refractivity contribution in [2.45, 2.75) is 39.2 Å². The summed E-state index contributed by atoms with van der Waals surface area (Å²) in [7, 11) is 0. The fourth-order valence-corrected chi connectivity index (χ4v) is 3.43. The monoisotopic (exact) mass is 313 g/mol. The number of pyridine rings is 1. The van der Waals surface area contributed by atoms with Gasteiger partial charge in [-0.2, -0.15) is 0 Å². The number of piperidine rings is 1. The van der Waals surface area contributed by atoms with Crippen LogP contribution in [0.25, 0.3) is 5.52 Å². The van der Waals surface area contributed by atoms with Crippen LogP contribution in [0.5, 0.6) is 0 Å². The average molecular weight is 313 g/mol. The molecule has 0 radical (unpaired) electrons. The number of fused-ring (bicyclic) bond motifs is 1. The third-order valence-electron chi connectivity index (χ3n) is 4.98. The van der Waals surface area contributed by atoms with Crippen LogP contribution < -0.4 is 5.32 Å². The number of rotatable bonds is 5. The highest BCUT2D eigenvalue weighted by atomic mass is 16.1. The van der Waals surface area contributed by atoms with Crippen LogP contribution in [0.2, 0.25) is 0 Å². The highest BCUT2D eigenvalue weighted by Crippen LogP contribution is 2.21. The zero-order valence-corrected chi connectivity index (χ0v) is 14.2. The van der Waals surface area contributed by atoms with Gasteiger partial charge in [-0.1, -0.05) is 6.07 Å². The third kappa shape index (κ3) is 3.94. The van der Waals surface area contributed by atoms with Crippen LogP contribution in [0.3, 0.4) is 0 Å². The molecule has 0 unspecified atom stereocenters. The molecule has 0 saturated carbocycles. The van der Waals surface area contributed by atoms with E-state index < -0.39 is 0 Å². The molecule has 23 heavy (non-hydrogen) atoms. The SMILES string of the molecule is CC(C)N1CCC(CCNC(=O)c2cc3ccccn3c2)CC1. The van der Waals surface area contributed by atoms with E-state index in [1.54, 1.807) is 0 Å². The highest BCUT2D eigenvalue weighted by Gasteiger charge is 2.20. The number of carbonyl (C=O) groups excluding carboxylic acids is 1. The molecule has 1 fully saturated rings. The van der Waals surface area contributed by atoms with Gasteiger partial charge in [0, 0.05) is 30.5 Å². The van der Waals surface area contributed by atoms with Gasteiger partial charge in [0.15, 0.2) is 0 Å². The van der Waals surface area contributed by atoms with Crippen molar-refractivity contribution in [2.75, 3.05) is 19.6 Å². The first-order valence-electron chi connectivity index (χ1n) is 8.72. The summed E-state index contributed by atoms with van der Waals surface area (Å²) >= 11 is 0. The molecule has 3 rings (SSSR count). The summed E-state index contributed by atoms with van der Waals surface area (Å²) in [5, 5.41) is 3.08. The number of hydrogen-bond donors (Lipinski definition) is 1. The Balaban J connectivity index is 1.45. The zero-order valence-electron chi connectivity index (χ0n) is 14.2. The number of hydrogen-bond acceptors (Lipinski definition) is 2. The highest BCUT2D eigenvalue weighted by molar-refractivity contribution is 5.95. The van der Waals surface area contributed by atoms with Crippen LogP contribution in [0, 0.1) is 5.92 Å². The number of nitrogens with zero attached hydrogens (tertiary/aromatic N) is 2. The van der Waals surface area contributed by atoms with E-state index in [1.807, 2.05) is 41.1 Å². The molecule has 2 aromatic heterocycles. The molecule has 0 aliphatic carbocycles. The zero-order chi connectivity index (χ0) is 16.2. The Bertz CT molecular complexity index is 620. The van der Waals surface area contributed by atoms with Crippen molar-refractivity contribution in [1.82, 2.24) is 14.6 Å². The van der Waals surface area contributed by atoms with Crippen LogP contribution in [0.15, 0.2) is 36.7 Å². The van der Waals surface area contributed by atoms with E-state index in [2.05, 4.69) is 24.1 Å². The number of amides is 1. The van der Waals surface area contributed by atoms with Crippen LogP contribution in [0.1, 0.15) is 43.5 Å². The van der Waals surface area contributed by atoms with Gasteiger partial charge < -0.3 is 14.6 Å². The largest absolute Gasteiger partial charge is 0.352 e. The normalized spacial score (nSPS) is 17.0. The predicted molar refractivity (Wildman–Crippen MR) is 93.8 cm³/mol. The second-order valence-corrected chi connectivity index (χ2v) is 6.88. The maximum absolute atomic E-state index is 12.3. The van der Waals surface area contributed by atoms with Crippen LogP contribution in [-0.4, -0.2) is 40.9 Å². The van der Waals surface area contributed by atoms with Crippen molar-refractivity contribution in [3.8, 4) is 0 Å². The molecular weight excluding hydrogens is 286 g/mol. The summed E-state index contributed by atoms with van der Waals surface area (Å²) in [6, 6.07) is 8.56. The maximum Gasteiger partial charge on any atom is 0.252 e. The lowest BCUT2D eigenvalue weighted by Gasteiger charge is -2.34. The lowest BCUT2D eigenvalue weighted by Crippen LogP contribution is -2.39. The molecule has 4 nitrogen and oxygen atoms in total. The third-order valence-corrected chi connectivity index (χ3v) is 4.98. The molecule has 0 spiro atoms. The summed E-state index contributed by atoms with van der Waals surface area (Å²) in [4.78, 5) is 14.8. The van der Waals surface area contributed by atoms with Crippen molar-refractivity contribution in [1.29, 1.82) is 0 Å². The molecule has 0 bridgehead atoms. The van der Waals surface area contributed by atoms with Crippen LogP contribution in [-0.2, 0) is 0 Å². The Labute approximate surface area is 138 Å². The van der Waals surface area contributed by atoms with E-state index >= 15 is 0 Å². The fourth-order valence-electron chi connectivity index (χ4n) is 3.43. The predicted octanol–water partition coefficient (Wildman–Crippen LogP) is 3.18. The fraction of sp³-hybridized carbons (Fsp3) is 0.526. The van der Waals surface area contributed by atoms with Gasteiger partial charge in [0.1, 0.15) is 0 Å². The number of aromatic nitrogens is 1. The Morgan fingerprint density at radius 1 is 1.30 bits per heavy atom. The molecule has 4 heteroatoms. The molecular formula is C19H27N3O. The summed E-state index contributed by atoms with van der Waals surface area (Å²) in [6.45, 7) is 7.70. The minimum Gasteiger partial charge on any atom is -0.352 e. The molecule has 0 aromatic carbocycles. The smallest absolute Gasteiger partial charge is 0.252 e. The van der Waals surface area contributed by atoms with Gasteiger partial charge in [-0.05, 0) is 70.3 Å². The summed E-state index contributed by atoms with van der Waals surface area (Å²) in [5.74, 6) is 0.784. The van der Waals surface area contributed by atoms with Crippen LogP contribution in [0.4, 0.5) is 0 Å². The molecule has 3 heterocycles. The van der Waals surface area contributed by atoms with Crippen molar-refractivity contribution >= 4 is 11.4 Å². The molecule has 0 atom stereocenters. The molecule has 124 valence electrons. The van der Waals surface area contributed by atoms with Gasteiger partial charge in [-0.25, -0.2) is 0 Å². The van der Waals surface area contributed by atoms with Crippen molar-refractivity contribution in [2.24, 2.45) is 5.92 Å². The van der Waals surface area contributed by atoms with Gasteiger partial charge in [-0.3, -0.25) is 4.79 Å². The Morgan fingerprint density at radius 2 is 2.09 bits per heavy atom. The molecule has 1 aliphatic rings. The molecule has 2 aromatic rings. The lowest BCUT2D eigenvalue weighted by molar-refractivity contribution is 0.0946. The second kappa shape index (κ2) is 7.18. The minimum atomic E-state index is 0.0355. The van der Waals surface area contributed by atoms with Crippen molar-refractivity contribution in [3.05, 3.63) is 42.2 Å². The van der Waals surface area contributed by atoms with E-state index in [9.17, 15) is 4.79 Å². The lowest BCUT2D eigenvalue weighted by atomic mass is 9.93. The van der Waals surface area contributed by atoms with E-state index in [0.29, 0.717) is 6.04 Å². The summed E-state index contributed by atoms with van der Waals surface area (Å²) in [5.41, 5.74) is 1.80. The molecule has 1 amide bonds. The quantitative estimate of drug-likeness (QED) is 0.920. The van der Waals surface area contributed by atoms with Crippen LogP contribution >= 0.6 is 0 Å². The van der Waals surface area contributed by atoms with Gasteiger partial charge in [0.05, 0.1) is 5.56 Å². The average Bonchev–Trinajstić information content (AvgIpc) is 2.99. The second-order valence-electron chi connectivity index (χ2n) is 6.88. The molecule has 1 saturated heterocycles.